The molecule has 0 amide bonds. The average molecular weight is 267 g/mol. The Labute approximate surface area is 121 Å². The van der Waals surface area contributed by atoms with Gasteiger partial charge in [0.25, 0.3) is 0 Å². The number of aryl methyl sites for hydroxylation is 3. The molecule has 0 fully saturated rings. The van der Waals surface area contributed by atoms with Crippen LogP contribution in [0.1, 0.15) is 27.0 Å². The zero-order valence-corrected chi connectivity index (χ0v) is 12.6. The van der Waals surface area contributed by atoms with Gasteiger partial charge in [-0.05, 0) is 50.1 Å². The molecule has 104 valence electrons. The average Bonchev–Trinajstić information content (AvgIpc) is 2.42. The van der Waals surface area contributed by atoms with E-state index in [1.807, 2.05) is 49.2 Å². The van der Waals surface area contributed by atoms with E-state index in [0.717, 1.165) is 16.8 Å². The number of hydrogen-bond donors (Lipinski definition) is 0. The Morgan fingerprint density at radius 2 is 1.60 bits per heavy atom. The summed E-state index contributed by atoms with van der Waals surface area (Å²) in [6.07, 6.45) is 0. The summed E-state index contributed by atoms with van der Waals surface area (Å²) in [4.78, 5) is 14.3. The Kier molecular flexibility index (Phi) is 4.23. The second kappa shape index (κ2) is 5.91. The number of rotatable bonds is 4. The third kappa shape index (κ3) is 3.27. The van der Waals surface area contributed by atoms with Crippen molar-refractivity contribution >= 4 is 11.5 Å². The van der Waals surface area contributed by atoms with Crippen LogP contribution in [0.15, 0.2) is 42.5 Å². The van der Waals surface area contributed by atoms with Gasteiger partial charge in [0.15, 0.2) is 5.78 Å². The molecule has 0 spiro atoms. The van der Waals surface area contributed by atoms with E-state index >= 15 is 0 Å². The number of benzene rings is 2. The molecule has 0 saturated carbocycles. The van der Waals surface area contributed by atoms with Crippen LogP contribution in [0.3, 0.4) is 0 Å². The number of nitrogens with zero attached hydrogens (tertiary/aromatic N) is 1. The maximum absolute atomic E-state index is 12.3. The molecule has 0 bridgehead atoms. The van der Waals surface area contributed by atoms with Gasteiger partial charge in [-0.2, -0.15) is 0 Å². The summed E-state index contributed by atoms with van der Waals surface area (Å²) in [6, 6.07) is 14.1. The minimum absolute atomic E-state index is 0.149. The lowest BCUT2D eigenvalue weighted by Crippen LogP contribution is -2.25. The van der Waals surface area contributed by atoms with Crippen LogP contribution in [0, 0.1) is 20.8 Å². The predicted octanol–water partition coefficient (Wildman–Crippen LogP) is 3.93. The molecule has 0 aliphatic carbocycles. The summed E-state index contributed by atoms with van der Waals surface area (Å²) in [6.45, 7) is 6.55. The molecule has 2 aromatic carbocycles. The van der Waals surface area contributed by atoms with Gasteiger partial charge in [-0.25, -0.2) is 0 Å². The molecule has 2 rings (SSSR count). The Hall–Kier alpha value is -2.09. The number of carbonyl (C=O) groups excluding carboxylic acids is 1. The van der Waals surface area contributed by atoms with Gasteiger partial charge in [0.2, 0.25) is 0 Å². The number of Topliss-reactive ketones (excluding diaryl/α,β-unsaturated/α-hetero) is 1. The predicted molar refractivity (Wildman–Crippen MR) is 84.7 cm³/mol. The van der Waals surface area contributed by atoms with Crippen LogP contribution in [0.25, 0.3) is 0 Å². The second-order valence-electron chi connectivity index (χ2n) is 5.41. The number of likely N-dealkylation sites (N-methyl/N-ethyl adjacent to an activating group) is 1. The zero-order chi connectivity index (χ0) is 14.7. The molecular formula is C18H21NO. The van der Waals surface area contributed by atoms with Gasteiger partial charge in [0.05, 0.1) is 6.54 Å². The van der Waals surface area contributed by atoms with Gasteiger partial charge >= 0.3 is 0 Å². The Morgan fingerprint density at radius 1 is 0.950 bits per heavy atom. The first kappa shape index (κ1) is 14.3. The second-order valence-corrected chi connectivity index (χ2v) is 5.41. The van der Waals surface area contributed by atoms with Crippen LogP contribution in [-0.4, -0.2) is 19.4 Å². The summed E-state index contributed by atoms with van der Waals surface area (Å²) in [5.41, 5.74) is 5.45. The molecule has 0 N–H and O–H groups in total. The van der Waals surface area contributed by atoms with Crippen molar-refractivity contribution in [1.82, 2.24) is 0 Å². The number of carbonyl (C=O) groups is 1. The summed E-state index contributed by atoms with van der Waals surface area (Å²) < 4.78 is 0. The fraction of sp³-hybridized carbons (Fsp3) is 0.278. The molecule has 2 nitrogen and oxygen atoms in total. The highest BCUT2D eigenvalue weighted by atomic mass is 16.1. The van der Waals surface area contributed by atoms with E-state index in [-0.39, 0.29) is 5.78 Å². The van der Waals surface area contributed by atoms with Crippen LogP contribution in [0.2, 0.25) is 0 Å². The minimum atomic E-state index is 0.149. The van der Waals surface area contributed by atoms with Gasteiger partial charge < -0.3 is 4.90 Å². The minimum Gasteiger partial charge on any atom is -0.367 e. The summed E-state index contributed by atoms with van der Waals surface area (Å²) in [5, 5.41) is 0. The highest BCUT2D eigenvalue weighted by Gasteiger charge is 2.10. The normalized spacial score (nSPS) is 10.4. The van der Waals surface area contributed by atoms with E-state index in [1.54, 1.807) is 0 Å². The molecule has 0 unspecified atom stereocenters. The highest BCUT2D eigenvalue weighted by Crippen LogP contribution is 2.15. The van der Waals surface area contributed by atoms with E-state index in [2.05, 4.69) is 26.0 Å². The molecule has 2 aromatic rings. The van der Waals surface area contributed by atoms with Crippen LogP contribution < -0.4 is 4.90 Å². The SMILES string of the molecule is Cc1ccc(N(C)CC(=O)c2ccc(C)c(C)c2)cc1. The third-order valence-corrected chi connectivity index (χ3v) is 3.68. The molecule has 0 heterocycles. The monoisotopic (exact) mass is 267 g/mol. The third-order valence-electron chi connectivity index (χ3n) is 3.68. The van der Waals surface area contributed by atoms with E-state index in [1.165, 1.54) is 11.1 Å². The summed E-state index contributed by atoms with van der Waals surface area (Å²) >= 11 is 0. The van der Waals surface area contributed by atoms with Crippen molar-refractivity contribution in [3.63, 3.8) is 0 Å². The van der Waals surface area contributed by atoms with Crippen molar-refractivity contribution in [2.45, 2.75) is 20.8 Å². The Morgan fingerprint density at radius 3 is 2.20 bits per heavy atom. The van der Waals surface area contributed by atoms with Gasteiger partial charge in [-0.15, -0.1) is 0 Å². The molecular weight excluding hydrogens is 246 g/mol. The first-order valence-electron chi connectivity index (χ1n) is 6.85. The van der Waals surface area contributed by atoms with Crippen molar-refractivity contribution in [3.05, 3.63) is 64.7 Å². The molecule has 0 aromatic heterocycles. The van der Waals surface area contributed by atoms with Crippen molar-refractivity contribution < 1.29 is 4.79 Å². The van der Waals surface area contributed by atoms with Gasteiger partial charge in [-0.3, -0.25) is 4.79 Å². The maximum Gasteiger partial charge on any atom is 0.182 e. The molecule has 0 atom stereocenters. The first-order valence-corrected chi connectivity index (χ1v) is 6.85. The van der Waals surface area contributed by atoms with E-state index in [0.29, 0.717) is 6.54 Å². The van der Waals surface area contributed by atoms with Gasteiger partial charge in [0.1, 0.15) is 0 Å². The quantitative estimate of drug-likeness (QED) is 0.782. The van der Waals surface area contributed by atoms with E-state index < -0.39 is 0 Å². The molecule has 0 saturated heterocycles. The van der Waals surface area contributed by atoms with Crippen LogP contribution in [-0.2, 0) is 0 Å². The molecule has 0 aliphatic heterocycles. The van der Waals surface area contributed by atoms with Crippen molar-refractivity contribution in [1.29, 1.82) is 0 Å². The fourth-order valence-electron chi connectivity index (χ4n) is 2.11. The number of hydrogen-bond acceptors (Lipinski definition) is 2. The fourth-order valence-corrected chi connectivity index (χ4v) is 2.11. The first-order chi connectivity index (χ1) is 9.47. The van der Waals surface area contributed by atoms with Crippen LogP contribution in [0.5, 0.6) is 0 Å². The van der Waals surface area contributed by atoms with E-state index in [4.69, 9.17) is 0 Å². The van der Waals surface area contributed by atoms with Crippen molar-refractivity contribution in [2.24, 2.45) is 0 Å². The molecule has 2 heteroatoms. The van der Waals surface area contributed by atoms with E-state index in [9.17, 15) is 4.79 Å². The zero-order valence-electron chi connectivity index (χ0n) is 12.6. The molecule has 0 aliphatic rings. The largest absolute Gasteiger partial charge is 0.367 e. The summed E-state index contributed by atoms with van der Waals surface area (Å²) in [5.74, 6) is 0.149. The standard InChI is InChI=1S/C18H21NO/c1-13-5-9-17(10-6-13)19(4)12-18(20)16-8-7-14(2)15(3)11-16/h5-11H,12H2,1-4H3. The van der Waals surface area contributed by atoms with Crippen LogP contribution in [0.4, 0.5) is 5.69 Å². The molecule has 20 heavy (non-hydrogen) atoms. The Bertz CT molecular complexity index is 614. The number of anilines is 1. The highest BCUT2D eigenvalue weighted by molar-refractivity contribution is 5.99. The lowest BCUT2D eigenvalue weighted by atomic mass is 10.0. The van der Waals surface area contributed by atoms with Crippen molar-refractivity contribution in [3.8, 4) is 0 Å². The topological polar surface area (TPSA) is 20.3 Å². The Balaban J connectivity index is 2.10. The summed E-state index contributed by atoms with van der Waals surface area (Å²) in [7, 11) is 1.95. The smallest absolute Gasteiger partial charge is 0.182 e. The lowest BCUT2D eigenvalue weighted by Gasteiger charge is -2.18. The number of ketones is 1. The molecule has 0 radical (unpaired) electrons. The van der Waals surface area contributed by atoms with Gasteiger partial charge in [0, 0.05) is 18.3 Å². The van der Waals surface area contributed by atoms with Gasteiger partial charge in [-0.1, -0.05) is 29.8 Å². The van der Waals surface area contributed by atoms with Crippen molar-refractivity contribution in [2.75, 3.05) is 18.5 Å². The van der Waals surface area contributed by atoms with Crippen LogP contribution >= 0.6 is 0 Å². The lowest BCUT2D eigenvalue weighted by molar-refractivity contribution is 0.100. The maximum atomic E-state index is 12.3.